The van der Waals surface area contributed by atoms with Crippen molar-refractivity contribution < 1.29 is 19.4 Å². The third-order valence-electron chi connectivity index (χ3n) is 5.79. The maximum Gasteiger partial charge on any atom is 0.314 e. The SMILES string of the molecule is CC(C)(COCc1ccccc1)C(=O)N1CCC(C(=O)O)(c2ccccc2)CC1. The maximum atomic E-state index is 13.1. The largest absolute Gasteiger partial charge is 0.481 e. The second kappa shape index (κ2) is 8.78. The average molecular weight is 395 g/mol. The van der Waals surface area contributed by atoms with Crippen LogP contribution >= 0.6 is 0 Å². The van der Waals surface area contributed by atoms with E-state index in [9.17, 15) is 14.7 Å². The number of likely N-dealkylation sites (tertiary alicyclic amines) is 1. The van der Waals surface area contributed by atoms with Gasteiger partial charge >= 0.3 is 5.97 Å². The highest BCUT2D eigenvalue weighted by molar-refractivity contribution is 5.84. The summed E-state index contributed by atoms with van der Waals surface area (Å²) >= 11 is 0. The van der Waals surface area contributed by atoms with Gasteiger partial charge in [-0.1, -0.05) is 60.7 Å². The molecule has 0 radical (unpaired) electrons. The Morgan fingerprint density at radius 1 is 1.00 bits per heavy atom. The van der Waals surface area contributed by atoms with Crippen molar-refractivity contribution in [1.29, 1.82) is 0 Å². The number of carboxylic acid groups (broad SMARTS) is 1. The van der Waals surface area contributed by atoms with Crippen LogP contribution in [0.2, 0.25) is 0 Å². The number of hydrogen-bond donors (Lipinski definition) is 1. The molecule has 1 aliphatic rings. The minimum absolute atomic E-state index is 0.0117. The Bertz CT molecular complexity index is 824. The first-order chi connectivity index (χ1) is 13.8. The Morgan fingerprint density at radius 2 is 1.55 bits per heavy atom. The number of aliphatic carboxylic acids is 1. The minimum Gasteiger partial charge on any atom is -0.481 e. The summed E-state index contributed by atoms with van der Waals surface area (Å²) in [6.07, 6.45) is 0.831. The number of benzene rings is 2. The first-order valence-electron chi connectivity index (χ1n) is 10.1. The van der Waals surface area contributed by atoms with Crippen molar-refractivity contribution in [3.8, 4) is 0 Å². The summed E-state index contributed by atoms with van der Waals surface area (Å²) < 4.78 is 5.80. The molecule has 1 N–H and O–H groups in total. The van der Waals surface area contributed by atoms with Gasteiger partial charge in [-0.2, -0.15) is 0 Å². The molecule has 0 bridgehead atoms. The second-order valence-electron chi connectivity index (χ2n) is 8.41. The van der Waals surface area contributed by atoms with Gasteiger partial charge < -0.3 is 14.7 Å². The quantitative estimate of drug-likeness (QED) is 0.773. The highest BCUT2D eigenvalue weighted by Gasteiger charge is 2.45. The zero-order valence-electron chi connectivity index (χ0n) is 17.1. The Morgan fingerprint density at radius 3 is 2.10 bits per heavy atom. The molecule has 29 heavy (non-hydrogen) atoms. The number of nitrogens with zero attached hydrogens (tertiary/aromatic N) is 1. The lowest BCUT2D eigenvalue weighted by atomic mass is 9.72. The number of rotatable bonds is 7. The van der Waals surface area contributed by atoms with Gasteiger partial charge in [0.1, 0.15) is 0 Å². The molecule has 1 saturated heterocycles. The van der Waals surface area contributed by atoms with Crippen LogP contribution in [0.5, 0.6) is 0 Å². The number of piperidine rings is 1. The lowest BCUT2D eigenvalue weighted by Gasteiger charge is -2.41. The molecule has 1 amide bonds. The zero-order chi connectivity index (χ0) is 20.9. The first kappa shape index (κ1) is 21.1. The van der Waals surface area contributed by atoms with E-state index in [0.29, 0.717) is 39.1 Å². The second-order valence-corrected chi connectivity index (χ2v) is 8.41. The Kier molecular flexibility index (Phi) is 6.38. The van der Waals surface area contributed by atoms with Gasteiger partial charge in [-0.05, 0) is 37.8 Å². The Labute approximate surface area is 172 Å². The normalized spacial score (nSPS) is 16.4. The van der Waals surface area contributed by atoms with Crippen molar-refractivity contribution in [2.24, 2.45) is 5.41 Å². The van der Waals surface area contributed by atoms with Crippen LogP contribution in [0.3, 0.4) is 0 Å². The smallest absolute Gasteiger partial charge is 0.314 e. The fraction of sp³-hybridized carbons (Fsp3) is 0.417. The van der Waals surface area contributed by atoms with E-state index >= 15 is 0 Å². The lowest BCUT2D eigenvalue weighted by Crippen LogP contribution is -2.52. The van der Waals surface area contributed by atoms with E-state index < -0.39 is 16.8 Å². The number of carbonyl (C=O) groups is 2. The van der Waals surface area contributed by atoms with E-state index in [-0.39, 0.29) is 5.91 Å². The third-order valence-corrected chi connectivity index (χ3v) is 5.79. The molecule has 0 spiro atoms. The van der Waals surface area contributed by atoms with E-state index in [4.69, 9.17) is 4.74 Å². The lowest BCUT2D eigenvalue weighted by molar-refractivity contribution is -0.152. The molecule has 0 unspecified atom stereocenters. The number of carboxylic acids is 1. The number of amides is 1. The molecule has 2 aromatic carbocycles. The molecule has 1 aliphatic heterocycles. The summed E-state index contributed by atoms with van der Waals surface area (Å²) in [6, 6.07) is 19.2. The predicted molar refractivity (Wildman–Crippen MR) is 111 cm³/mol. The summed E-state index contributed by atoms with van der Waals surface area (Å²) in [5, 5.41) is 9.93. The zero-order valence-corrected chi connectivity index (χ0v) is 17.1. The fourth-order valence-electron chi connectivity index (χ4n) is 3.96. The van der Waals surface area contributed by atoms with Crippen LogP contribution in [-0.2, 0) is 26.3 Å². The van der Waals surface area contributed by atoms with Crippen molar-refractivity contribution >= 4 is 11.9 Å². The number of hydrogen-bond acceptors (Lipinski definition) is 3. The van der Waals surface area contributed by atoms with Crippen LogP contribution in [-0.4, -0.2) is 41.6 Å². The third kappa shape index (κ3) is 4.67. The molecule has 1 fully saturated rings. The van der Waals surface area contributed by atoms with Gasteiger partial charge in [0.25, 0.3) is 0 Å². The van der Waals surface area contributed by atoms with Gasteiger partial charge in [-0.25, -0.2) is 0 Å². The molecule has 3 rings (SSSR count). The van der Waals surface area contributed by atoms with Crippen LogP contribution in [0.4, 0.5) is 0 Å². The molecule has 5 nitrogen and oxygen atoms in total. The monoisotopic (exact) mass is 395 g/mol. The van der Waals surface area contributed by atoms with Crippen LogP contribution < -0.4 is 0 Å². The van der Waals surface area contributed by atoms with E-state index in [2.05, 4.69) is 0 Å². The van der Waals surface area contributed by atoms with Gasteiger partial charge in [0, 0.05) is 13.1 Å². The molecule has 0 saturated carbocycles. The van der Waals surface area contributed by atoms with E-state index in [1.54, 1.807) is 4.90 Å². The summed E-state index contributed by atoms with van der Waals surface area (Å²) in [4.78, 5) is 27.0. The summed E-state index contributed by atoms with van der Waals surface area (Å²) in [5.41, 5.74) is 0.296. The highest BCUT2D eigenvalue weighted by atomic mass is 16.5. The van der Waals surface area contributed by atoms with Gasteiger partial charge in [0.2, 0.25) is 5.91 Å². The minimum atomic E-state index is -0.925. The number of carbonyl (C=O) groups excluding carboxylic acids is 1. The summed E-state index contributed by atoms with van der Waals surface area (Å²) in [6.45, 7) is 5.42. The summed E-state index contributed by atoms with van der Waals surface area (Å²) in [5.74, 6) is -0.807. The summed E-state index contributed by atoms with van der Waals surface area (Å²) in [7, 11) is 0. The van der Waals surface area contributed by atoms with Gasteiger partial charge in [-0.3, -0.25) is 9.59 Å². The predicted octanol–water partition coefficient (Wildman–Crippen LogP) is 3.87. The Balaban J connectivity index is 1.60. The van der Waals surface area contributed by atoms with Crippen molar-refractivity contribution in [3.63, 3.8) is 0 Å². The highest BCUT2D eigenvalue weighted by Crippen LogP contribution is 2.37. The van der Waals surface area contributed by atoms with Gasteiger partial charge in [0.15, 0.2) is 0 Å². The molecule has 1 heterocycles. The average Bonchev–Trinajstić information content (AvgIpc) is 2.74. The first-order valence-corrected chi connectivity index (χ1v) is 10.1. The van der Waals surface area contributed by atoms with E-state index in [0.717, 1.165) is 11.1 Å². The van der Waals surface area contributed by atoms with Crippen LogP contribution in [0.15, 0.2) is 60.7 Å². The van der Waals surface area contributed by atoms with Crippen molar-refractivity contribution in [2.75, 3.05) is 19.7 Å². The number of ether oxygens (including phenoxy) is 1. The topological polar surface area (TPSA) is 66.8 Å². The van der Waals surface area contributed by atoms with Crippen LogP contribution in [0, 0.1) is 5.41 Å². The van der Waals surface area contributed by atoms with Crippen LogP contribution in [0.25, 0.3) is 0 Å². The van der Waals surface area contributed by atoms with Gasteiger partial charge in [0.05, 0.1) is 24.0 Å². The molecule has 0 atom stereocenters. The van der Waals surface area contributed by atoms with Crippen molar-refractivity contribution in [2.45, 2.75) is 38.7 Å². The molecule has 5 heteroatoms. The van der Waals surface area contributed by atoms with Crippen molar-refractivity contribution in [3.05, 3.63) is 71.8 Å². The molecular formula is C24H29NO4. The molecular weight excluding hydrogens is 366 g/mol. The molecule has 154 valence electrons. The van der Waals surface area contributed by atoms with Crippen molar-refractivity contribution in [1.82, 2.24) is 4.90 Å². The van der Waals surface area contributed by atoms with E-state index in [1.807, 2.05) is 74.5 Å². The van der Waals surface area contributed by atoms with Crippen LogP contribution in [0.1, 0.15) is 37.8 Å². The maximum absolute atomic E-state index is 13.1. The fourth-order valence-corrected chi connectivity index (χ4v) is 3.96. The van der Waals surface area contributed by atoms with Gasteiger partial charge in [-0.15, -0.1) is 0 Å². The molecule has 0 aliphatic carbocycles. The molecule has 0 aromatic heterocycles. The van der Waals surface area contributed by atoms with E-state index in [1.165, 1.54) is 0 Å². The Hall–Kier alpha value is -2.66. The standard InChI is InChI=1S/C24H29NO4/c1-23(2,18-29-17-19-9-5-3-6-10-19)21(26)25-15-13-24(14-16-25,22(27)28)20-11-7-4-8-12-20/h3-12H,13-18H2,1-2H3,(H,27,28). The molecule has 2 aromatic rings.